The average molecular weight is 420 g/mol. The van der Waals surface area contributed by atoms with Gasteiger partial charge in [0.25, 0.3) is 0 Å². The molecule has 3 aromatic heterocycles. The van der Waals surface area contributed by atoms with E-state index in [2.05, 4.69) is 20.3 Å². The predicted octanol–water partition coefficient (Wildman–Crippen LogP) is 3.08. The SMILES string of the molecule is CC(C)(C)OC(=O)N[C@@H]1CCN(c2ccc(-c3cc(O)c4c(C#N)cnn4c3)cn2)C1. The third-order valence-electron chi connectivity index (χ3n) is 5.03. The Morgan fingerprint density at radius 1 is 1.32 bits per heavy atom. The Balaban J connectivity index is 1.45. The molecule has 1 saturated heterocycles. The number of anilines is 1. The number of aromatic hydroxyl groups is 1. The number of aromatic nitrogens is 3. The summed E-state index contributed by atoms with van der Waals surface area (Å²) in [6.45, 7) is 6.95. The molecule has 1 fully saturated rings. The molecule has 0 aliphatic carbocycles. The van der Waals surface area contributed by atoms with E-state index in [1.165, 1.54) is 10.7 Å². The van der Waals surface area contributed by atoms with Gasteiger partial charge in [0.15, 0.2) is 0 Å². The second-order valence-electron chi connectivity index (χ2n) is 8.56. The summed E-state index contributed by atoms with van der Waals surface area (Å²) in [7, 11) is 0. The molecule has 0 radical (unpaired) electrons. The number of rotatable bonds is 3. The van der Waals surface area contributed by atoms with Crippen LogP contribution in [0.2, 0.25) is 0 Å². The third-order valence-corrected chi connectivity index (χ3v) is 5.03. The standard InChI is InChI=1S/C22H24N6O3/c1-22(2,3)31-21(30)26-17-6-7-27(13-17)19-5-4-14(10-24-19)15-8-18(29)20-16(9-23)11-25-28(20)12-15/h4-5,8,10-12,17,29H,6-7,13H2,1-3H3,(H,26,30)/t17-/m1/s1. The zero-order valence-electron chi connectivity index (χ0n) is 17.7. The Bertz CT molecular complexity index is 1160. The lowest BCUT2D eigenvalue weighted by Crippen LogP contribution is -2.40. The largest absolute Gasteiger partial charge is 0.506 e. The van der Waals surface area contributed by atoms with Crippen molar-refractivity contribution in [3.8, 4) is 22.9 Å². The van der Waals surface area contributed by atoms with Gasteiger partial charge in [-0.3, -0.25) is 0 Å². The number of ether oxygens (including phenoxy) is 1. The van der Waals surface area contributed by atoms with E-state index in [1.54, 1.807) is 18.5 Å². The predicted molar refractivity (Wildman–Crippen MR) is 115 cm³/mol. The van der Waals surface area contributed by atoms with Crippen molar-refractivity contribution < 1.29 is 14.6 Å². The minimum Gasteiger partial charge on any atom is -0.506 e. The van der Waals surface area contributed by atoms with E-state index in [9.17, 15) is 9.90 Å². The molecule has 0 saturated carbocycles. The molecule has 1 aliphatic heterocycles. The highest BCUT2D eigenvalue weighted by atomic mass is 16.6. The van der Waals surface area contributed by atoms with Crippen LogP contribution < -0.4 is 10.2 Å². The van der Waals surface area contributed by atoms with Gasteiger partial charge in [-0.05, 0) is 45.4 Å². The van der Waals surface area contributed by atoms with Crippen molar-refractivity contribution in [2.45, 2.75) is 38.8 Å². The fourth-order valence-electron chi connectivity index (χ4n) is 3.64. The topological polar surface area (TPSA) is 116 Å². The van der Waals surface area contributed by atoms with Gasteiger partial charge in [0.1, 0.15) is 34.3 Å². The van der Waals surface area contributed by atoms with E-state index in [-0.39, 0.29) is 11.8 Å². The normalized spacial score (nSPS) is 16.3. The Labute approximate surface area is 179 Å². The highest BCUT2D eigenvalue weighted by molar-refractivity contribution is 5.75. The molecule has 1 atom stereocenters. The highest BCUT2D eigenvalue weighted by Crippen LogP contribution is 2.29. The summed E-state index contributed by atoms with van der Waals surface area (Å²) in [6, 6.07) is 7.46. The van der Waals surface area contributed by atoms with Crippen LogP contribution in [0.25, 0.3) is 16.6 Å². The van der Waals surface area contributed by atoms with Gasteiger partial charge in [-0.1, -0.05) is 0 Å². The average Bonchev–Trinajstić information content (AvgIpc) is 3.33. The van der Waals surface area contributed by atoms with Gasteiger partial charge >= 0.3 is 6.09 Å². The zero-order chi connectivity index (χ0) is 22.2. The van der Waals surface area contributed by atoms with Crippen LogP contribution in [-0.4, -0.2) is 50.5 Å². The first-order valence-electron chi connectivity index (χ1n) is 10.0. The lowest BCUT2D eigenvalue weighted by atomic mass is 10.1. The molecule has 160 valence electrons. The summed E-state index contributed by atoms with van der Waals surface area (Å²) in [4.78, 5) is 18.7. The summed E-state index contributed by atoms with van der Waals surface area (Å²) in [6.07, 6.45) is 5.32. The van der Waals surface area contributed by atoms with Crippen LogP contribution in [0, 0.1) is 11.3 Å². The lowest BCUT2D eigenvalue weighted by molar-refractivity contribution is 0.0509. The molecule has 4 heterocycles. The van der Waals surface area contributed by atoms with E-state index in [1.807, 2.05) is 39.0 Å². The van der Waals surface area contributed by atoms with Crippen LogP contribution in [0.4, 0.5) is 10.6 Å². The first-order chi connectivity index (χ1) is 14.7. The lowest BCUT2D eigenvalue weighted by Gasteiger charge is -2.22. The second kappa shape index (κ2) is 7.80. The number of pyridine rings is 2. The maximum Gasteiger partial charge on any atom is 0.407 e. The molecule has 9 nitrogen and oxygen atoms in total. The number of carbonyl (C=O) groups is 1. The van der Waals surface area contributed by atoms with Crippen molar-refractivity contribution in [1.82, 2.24) is 19.9 Å². The first-order valence-corrected chi connectivity index (χ1v) is 10.0. The molecule has 31 heavy (non-hydrogen) atoms. The van der Waals surface area contributed by atoms with Gasteiger partial charge in [-0.2, -0.15) is 10.4 Å². The van der Waals surface area contributed by atoms with Crippen molar-refractivity contribution in [2.24, 2.45) is 0 Å². The molecular weight excluding hydrogens is 396 g/mol. The van der Waals surface area contributed by atoms with Crippen LogP contribution >= 0.6 is 0 Å². The highest BCUT2D eigenvalue weighted by Gasteiger charge is 2.27. The number of carbonyl (C=O) groups excluding carboxylic acids is 1. The van der Waals surface area contributed by atoms with Crippen LogP contribution in [0.1, 0.15) is 32.8 Å². The fourth-order valence-corrected chi connectivity index (χ4v) is 3.64. The summed E-state index contributed by atoms with van der Waals surface area (Å²) in [5.74, 6) is 0.805. The minimum atomic E-state index is -0.524. The van der Waals surface area contributed by atoms with Gasteiger partial charge in [0.2, 0.25) is 0 Å². The molecule has 1 amide bonds. The third kappa shape index (κ3) is 4.38. The Hall–Kier alpha value is -3.80. The van der Waals surface area contributed by atoms with Crippen molar-refractivity contribution >= 4 is 17.4 Å². The minimum absolute atomic E-state index is 0.00447. The smallest absolute Gasteiger partial charge is 0.407 e. The molecule has 3 aromatic rings. The van der Waals surface area contributed by atoms with Gasteiger partial charge in [-0.15, -0.1) is 0 Å². The van der Waals surface area contributed by atoms with Crippen molar-refractivity contribution in [1.29, 1.82) is 5.26 Å². The number of nitrogens with one attached hydrogen (secondary N) is 1. The van der Waals surface area contributed by atoms with Gasteiger partial charge in [0.05, 0.1) is 12.2 Å². The van der Waals surface area contributed by atoms with E-state index in [0.29, 0.717) is 17.6 Å². The molecule has 0 bridgehead atoms. The molecule has 0 aromatic carbocycles. The number of hydrogen-bond donors (Lipinski definition) is 2. The van der Waals surface area contributed by atoms with Crippen LogP contribution in [-0.2, 0) is 4.74 Å². The molecule has 9 heteroatoms. The molecular formula is C22H24N6O3. The Morgan fingerprint density at radius 2 is 2.13 bits per heavy atom. The number of hydrogen-bond acceptors (Lipinski definition) is 7. The number of amides is 1. The number of fused-ring (bicyclic) bond motifs is 1. The Morgan fingerprint density at radius 3 is 2.81 bits per heavy atom. The van der Waals surface area contributed by atoms with Gasteiger partial charge in [-0.25, -0.2) is 14.3 Å². The Kier molecular flexibility index (Phi) is 5.15. The zero-order valence-corrected chi connectivity index (χ0v) is 17.7. The molecule has 2 N–H and O–H groups in total. The molecule has 0 unspecified atom stereocenters. The van der Waals surface area contributed by atoms with Gasteiger partial charge in [0, 0.05) is 36.6 Å². The second-order valence-corrected chi connectivity index (χ2v) is 8.56. The number of alkyl carbamates (subject to hydrolysis) is 1. The summed E-state index contributed by atoms with van der Waals surface area (Å²) < 4.78 is 6.82. The van der Waals surface area contributed by atoms with Crippen molar-refractivity contribution in [3.63, 3.8) is 0 Å². The summed E-state index contributed by atoms with van der Waals surface area (Å²) >= 11 is 0. The van der Waals surface area contributed by atoms with E-state index in [0.717, 1.165) is 29.9 Å². The summed E-state index contributed by atoms with van der Waals surface area (Å²) in [5.41, 5.74) is 1.74. The maximum atomic E-state index is 12.0. The van der Waals surface area contributed by atoms with E-state index < -0.39 is 11.7 Å². The molecule has 0 spiro atoms. The fraction of sp³-hybridized carbons (Fsp3) is 0.364. The van der Waals surface area contributed by atoms with Crippen molar-refractivity contribution in [2.75, 3.05) is 18.0 Å². The summed E-state index contributed by atoms with van der Waals surface area (Å²) in [5, 5.41) is 26.5. The first kappa shape index (κ1) is 20.5. The van der Waals surface area contributed by atoms with E-state index in [4.69, 9.17) is 10.00 Å². The monoisotopic (exact) mass is 420 g/mol. The number of nitriles is 1. The van der Waals surface area contributed by atoms with Crippen molar-refractivity contribution in [3.05, 3.63) is 42.4 Å². The quantitative estimate of drug-likeness (QED) is 0.669. The molecule has 4 rings (SSSR count). The van der Waals surface area contributed by atoms with Crippen LogP contribution in [0.5, 0.6) is 5.75 Å². The van der Waals surface area contributed by atoms with E-state index >= 15 is 0 Å². The van der Waals surface area contributed by atoms with Crippen LogP contribution in [0.3, 0.4) is 0 Å². The number of nitrogens with zero attached hydrogens (tertiary/aromatic N) is 5. The van der Waals surface area contributed by atoms with Gasteiger partial charge < -0.3 is 20.1 Å². The molecule has 1 aliphatic rings. The maximum absolute atomic E-state index is 12.0. The van der Waals surface area contributed by atoms with Crippen LogP contribution in [0.15, 0.2) is 36.8 Å².